The molecule has 0 saturated carbocycles. The van der Waals surface area contributed by atoms with Crippen LogP contribution >= 0.6 is 11.3 Å². The molecule has 0 radical (unpaired) electrons. The average molecular weight is 437 g/mol. The lowest BCUT2D eigenvalue weighted by molar-refractivity contribution is -0.113. The van der Waals surface area contributed by atoms with Crippen LogP contribution in [0.5, 0.6) is 0 Å². The van der Waals surface area contributed by atoms with E-state index < -0.39 is 0 Å². The molecule has 0 aliphatic rings. The van der Waals surface area contributed by atoms with Gasteiger partial charge in [-0.15, -0.1) is 11.3 Å². The molecule has 0 fully saturated rings. The summed E-state index contributed by atoms with van der Waals surface area (Å²) in [7, 11) is 0. The van der Waals surface area contributed by atoms with Crippen LogP contribution in [0, 0.1) is 0 Å². The van der Waals surface area contributed by atoms with Gasteiger partial charge in [0.2, 0.25) is 0 Å². The first-order valence-corrected chi connectivity index (χ1v) is 11.1. The molecule has 0 aliphatic heterocycles. The van der Waals surface area contributed by atoms with Gasteiger partial charge in [0.05, 0.1) is 11.4 Å². The van der Waals surface area contributed by atoms with Gasteiger partial charge in [-0.2, -0.15) is 0 Å². The first-order valence-electron chi connectivity index (χ1n) is 10.2. The van der Waals surface area contributed by atoms with Crippen molar-refractivity contribution in [2.45, 2.75) is 5.92 Å². The molecule has 0 saturated heterocycles. The number of hydrogen-bond acceptors (Lipinski definition) is 4. The second-order valence-electron chi connectivity index (χ2n) is 7.40. The molecule has 2 aromatic carbocycles. The van der Waals surface area contributed by atoms with E-state index >= 15 is 0 Å². The van der Waals surface area contributed by atoms with Crippen molar-refractivity contribution in [1.29, 1.82) is 0 Å². The monoisotopic (exact) mass is 436 g/mol. The summed E-state index contributed by atoms with van der Waals surface area (Å²) in [5, 5.41) is 6.30. The van der Waals surface area contributed by atoms with E-state index in [-0.39, 0.29) is 11.8 Å². The molecule has 0 aliphatic carbocycles. The number of rotatable bonds is 6. The van der Waals surface area contributed by atoms with Crippen LogP contribution in [0.15, 0.2) is 103 Å². The molecule has 1 unspecified atom stereocenters. The van der Waals surface area contributed by atoms with Gasteiger partial charge in [-0.3, -0.25) is 15.1 Å². The number of pyridine rings is 1. The number of thiazole rings is 1. The smallest absolute Gasteiger partial charge is 0.253 e. The molecule has 5 rings (SSSR count). The predicted molar refractivity (Wildman–Crippen MR) is 130 cm³/mol. The summed E-state index contributed by atoms with van der Waals surface area (Å²) in [6, 6.07) is 24.1. The second kappa shape index (κ2) is 8.61. The topological polar surface area (TPSA) is 70.7 Å². The van der Waals surface area contributed by atoms with Gasteiger partial charge in [0.1, 0.15) is 0 Å². The van der Waals surface area contributed by atoms with Gasteiger partial charge >= 0.3 is 0 Å². The zero-order valence-corrected chi connectivity index (χ0v) is 18.0. The quantitative estimate of drug-likeness (QED) is 0.320. The van der Waals surface area contributed by atoms with Gasteiger partial charge in [0.25, 0.3) is 5.91 Å². The molecule has 3 aromatic heterocycles. The lowest BCUT2D eigenvalue weighted by Gasteiger charge is -2.20. The molecular weight excluding hydrogens is 416 g/mol. The highest BCUT2D eigenvalue weighted by atomic mass is 32.1. The van der Waals surface area contributed by atoms with Crippen molar-refractivity contribution >= 4 is 33.3 Å². The average Bonchev–Trinajstić information content (AvgIpc) is 3.50. The van der Waals surface area contributed by atoms with E-state index in [0.717, 1.165) is 33.4 Å². The lowest BCUT2D eigenvalue weighted by atomic mass is 9.84. The van der Waals surface area contributed by atoms with Gasteiger partial charge in [-0.1, -0.05) is 49.0 Å². The molecule has 0 spiro atoms. The van der Waals surface area contributed by atoms with Crippen molar-refractivity contribution in [3.05, 3.63) is 114 Å². The molecule has 2 N–H and O–H groups in total. The van der Waals surface area contributed by atoms with Crippen LogP contribution in [0.25, 0.3) is 22.3 Å². The molecule has 3 heterocycles. The molecular formula is C26H20N4OS. The highest BCUT2D eigenvalue weighted by Gasteiger charge is 2.24. The van der Waals surface area contributed by atoms with Gasteiger partial charge in [-0.05, 0) is 41.5 Å². The number of fused-ring (bicyclic) bond motifs is 1. The minimum Gasteiger partial charge on any atom is -0.353 e. The summed E-state index contributed by atoms with van der Waals surface area (Å²) < 4.78 is 0. The normalized spacial score (nSPS) is 11.9. The zero-order chi connectivity index (χ0) is 21.9. The molecule has 1 atom stereocenters. The Kier molecular flexibility index (Phi) is 5.35. The Morgan fingerprint density at radius 3 is 2.53 bits per heavy atom. The number of carbonyl (C=O) groups excluding carboxylic acids is 1. The fourth-order valence-corrected chi connectivity index (χ4v) is 4.35. The first kappa shape index (κ1) is 19.9. The summed E-state index contributed by atoms with van der Waals surface area (Å²) >= 11 is 1.38. The van der Waals surface area contributed by atoms with E-state index in [1.54, 1.807) is 12.4 Å². The predicted octanol–water partition coefficient (Wildman–Crippen LogP) is 6.01. The maximum absolute atomic E-state index is 13.0. The summed E-state index contributed by atoms with van der Waals surface area (Å²) in [6.45, 7) is 4.17. The van der Waals surface area contributed by atoms with Crippen molar-refractivity contribution < 1.29 is 4.79 Å². The van der Waals surface area contributed by atoms with Crippen LogP contribution in [0.3, 0.4) is 0 Å². The third kappa shape index (κ3) is 3.96. The molecule has 32 heavy (non-hydrogen) atoms. The van der Waals surface area contributed by atoms with Gasteiger partial charge in [0, 0.05) is 40.2 Å². The summed E-state index contributed by atoms with van der Waals surface area (Å²) in [4.78, 5) is 25.0. The number of amides is 1. The summed E-state index contributed by atoms with van der Waals surface area (Å²) in [5.74, 6) is -0.522. The van der Waals surface area contributed by atoms with Crippen LogP contribution in [-0.4, -0.2) is 20.9 Å². The SMILES string of the molecule is C=C(C(=O)Nc1nccs1)C(c1ccccc1)c1ccc2[nH]c(-c3ccccn3)cc2c1. The fourth-order valence-electron chi connectivity index (χ4n) is 3.82. The molecule has 1 amide bonds. The Labute approximate surface area is 189 Å². The van der Waals surface area contributed by atoms with Gasteiger partial charge in [0.15, 0.2) is 5.13 Å². The highest BCUT2D eigenvalue weighted by molar-refractivity contribution is 7.13. The van der Waals surface area contributed by atoms with Crippen molar-refractivity contribution in [1.82, 2.24) is 15.0 Å². The Balaban J connectivity index is 1.53. The number of benzene rings is 2. The number of aromatic nitrogens is 3. The number of H-pyrrole nitrogens is 1. The number of nitrogens with zero attached hydrogens (tertiary/aromatic N) is 2. The molecule has 6 heteroatoms. The van der Waals surface area contributed by atoms with Crippen molar-refractivity contribution in [3.63, 3.8) is 0 Å². The van der Waals surface area contributed by atoms with Crippen LogP contribution < -0.4 is 5.32 Å². The Morgan fingerprint density at radius 1 is 0.938 bits per heavy atom. The van der Waals surface area contributed by atoms with Crippen LogP contribution in [0.1, 0.15) is 17.0 Å². The largest absolute Gasteiger partial charge is 0.353 e. The van der Waals surface area contributed by atoms with Crippen LogP contribution in [-0.2, 0) is 4.79 Å². The van der Waals surface area contributed by atoms with Crippen molar-refractivity contribution in [2.75, 3.05) is 5.32 Å². The molecule has 0 bridgehead atoms. The van der Waals surface area contributed by atoms with E-state index in [2.05, 4.69) is 39.0 Å². The standard InChI is InChI=1S/C26H20N4OS/c1-17(25(31)30-26-28-13-14-32-26)24(18-7-3-2-4-8-18)19-10-11-21-20(15-19)16-23(29-21)22-9-5-6-12-27-22/h2-16,24,29H,1H2,(H,28,30,31). The third-order valence-corrected chi connectivity index (χ3v) is 6.03. The number of nitrogens with one attached hydrogen (secondary N) is 2. The van der Waals surface area contributed by atoms with E-state index in [1.807, 2.05) is 66.0 Å². The molecule has 5 nitrogen and oxygen atoms in total. The molecule has 5 aromatic rings. The fraction of sp³-hybridized carbons (Fsp3) is 0.0385. The Morgan fingerprint density at radius 2 is 1.78 bits per heavy atom. The summed E-state index contributed by atoms with van der Waals surface area (Å²) in [5.41, 5.74) is 5.32. The minimum atomic E-state index is -0.284. The minimum absolute atomic E-state index is 0.239. The van der Waals surface area contributed by atoms with Crippen molar-refractivity contribution in [2.24, 2.45) is 0 Å². The van der Waals surface area contributed by atoms with E-state index in [4.69, 9.17) is 0 Å². The number of anilines is 1. The van der Waals surface area contributed by atoms with Crippen LogP contribution in [0.4, 0.5) is 5.13 Å². The maximum atomic E-state index is 13.0. The maximum Gasteiger partial charge on any atom is 0.253 e. The highest BCUT2D eigenvalue weighted by Crippen LogP contribution is 2.34. The lowest BCUT2D eigenvalue weighted by Crippen LogP contribution is -2.19. The Hall–Kier alpha value is -4.03. The van der Waals surface area contributed by atoms with Gasteiger partial charge < -0.3 is 4.98 Å². The number of aromatic amines is 1. The molecule has 156 valence electrons. The zero-order valence-electron chi connectivity index (χ0n) is 17.2. The van der Waals surface area contributed by atoms with E-state index in [1.165, 1.54) is 11.3 Å². The first-order chi connectivity index (χ1) is 15.7. The van der Waals surface area contributed by atoms with Crippen LogP contribution in [0.2, 0.25) is 0 Å². The van der Waals surface area contributed by atoms with Crippen molar-refractivity contribution in [3.8, 4) is 11.4 Å². The summed E-state index contributed by atoms with van der Waals surface area (Å²) in [6.07, 6.45) is 3.44. The van der Waals surface area contributed by atoms with E-state index in [9.17, 15) is 4.79 Å². The number of carbonyl (C=O) groups is 1. The second-order valence-corrected chi connectivity index (χ2v) is 8.30. The van der Waals surface area contributed by atoms with Gasteiger partial charge in [-0.25, -0.2) is 4.98 Å². The number of hydrogen-bond donors (Lipinski definition) is 2. The van der Waals surface area contributed by atoms with E-state index in [0.29, 0.717) is 10.7 Å². The third-order valence-electron chi connectivity index (χ3n) is 5.34. The Bertz CT molecular complexity index is 1380.